The monoisotopic (exact) mass is 222 g/mol. The minimum absolute atomic E-state index is 0.262. The quantitative estimate of drug-likeness (QED) is 0.603. The maximum absolute atomic E-state index is 11.4. The summed E-state index contributed by atoms with van der Waals surface area (Å²) in [5.74, 6) is -0.262. The molecule has 1 aromatic rings. The van der Waals surface area contributed by atoms with E-state index >= 15 is 0 Å². The molecule has 0 spiro atoms. The lowest BCUT2D eigenvalue weighted by atomic mass is 10.2. The Kier molecular flexibility index (Phi) is 4.17. The van der Waals surface area contributed by atoms with Crippen LogP contribution in [0.4, 0.5) is 11.4 Å². The number of nitrogens with one attached hydrogen (secondary N) is 1. The lowest BCUT2D eigenvalue weighted by Crippen LogP contribution is -2.28. The number of ether oxygens (including phenoxy) is 1. The summed E-state index contributed by atoms with van der Waals surface area (Å²) in [7, 11) is 0. The molecule has 1 aromatic carbocycles. The molecule has 0 aliphatic rings. The van der Waals surface area contributed by atoms with Gasteiger partial charge in [0, 0.05) is 11.4 Å². The predicted molar refractivity (Wildman–Crippen MR) is 65.3 cm³/mol. The molecule has 1 atom stereocenters. The maximum Gasteiger partial charge on any atom is 0.328 e. The van der Waals surface area contributed by atoms with Crippen molar-refractivity contribution < 1.29 is 9.53 Å². The number of anilines is 2. The van der Waals surface area contributed by atoms with E-state index < -0.39 is 0 Å². The second-order valence-corrected chi connectivity index (χ2v) is 3.69. The Morgan fingerprint density at radius 3 is 2.81 bits per heavy atom. The zero-order valence-corrected chi connectivity index (χ0v) is 9.91. The molecule has 0 saturated carbocycles. The molecule has 0 aliphatic carbocycles. The molecule has 0 heterocycles. The van der Waals surface area contributed by atoms with Crippen LogP contribution in [0.25, 0.3) is 0 Å². The number of nitrogens with two attached hydrogens (primary N) is 1. The van der Waals surface area contributed by atoms with Gasteiger partial charge in [0.15, 0.2) is 0 Å². The number of esters is 1. The van der Waals surface area contributed by atoms with Crippen LogP contribution in [0.2, 0.25) is 0 Å². The van der Waals surface area contributed by atoms with Crippen molar-refractivity contribution in [2.24, 2.45) is 0 Å². The Morgan fingerprint density at radius 1 is 1.56 bits per heavy atom. The van der Waals surface area contributed by atoms with Crippen molar-refractivity contribution in [1.82, 2.24) is 0 Å². The fraction of sp³-hybridized carbons (Fsp3) is 0.417. The summed E-state index contributed by atoms with van der Waals surface area (Å²) in [6.07, 6.45) is 0. The third kappa shape index (κ3) is 3.15. The lowest BCUT2D eigenvalue weighted by molar-refractivity contribution is -0.143. The highest BCUT2D eigenvalue weighted by molar-refractivity contribution is 5.79. The van der Waals surface area contributed by atoms with Gasteiger partial charge < -0.3 is 15.8 Å². The van der Waals surface area contributed by atoms with Crippen molar-refractivity contribution in [2.75, 3.05) is 17.7 Å². The average Bonchev–Trinajstić information content (AvgIpc) is 2.24. The summed E-state index contributed by atoms with van der Waals surface area (Å²) in [6, 6.07) is 5.24. The number of benzene rings is 1. The molecule has 1 rings (SSSR count). The van der Waals surface area contributed by atoms with E-state index in [9.17, 15) is 4.79 Å². The summed E-state index contributed by atoms with van der Waals surface area (Å²) in [5, 5.41) is 3.04. The summed E-state index contributed by atoms with van der Waals surface area (Å²) in [6.45, 7) is 5.87. The number of hydrogen-bond acceptors (Lipinski definition) is 4. The molecule has 16 heavy (non-hydrogen) atoms. The zero-order chi connectivity index (χ0) is 12.1. The molecule has 88 valence electrons. The fourth-order valence-electron chi connectivity index (χ4n) is 1.31. The number of hydrogen-bond donors (Lipinski definition) is 2. The van der Waals surface area contributed by atoms with Gasteiger partial charge in [-0.3, -0.25) is 0 Å². The van der Waals surface area contributed by atoms with Gasteiger partial charge in [-0.25, -0.2) is 4.79 Å². The first kappa shape index (κ1) is 12.4. The van der Waals surface area contributed by atoms with Gasteiger partial charge in [0.25, 0.3) is 0 Å². The highest BCUT2D eigenvalue weighted by Gasteiger charge is 2.13. The van der Waals surface area contributed by atoms with E-state index in [0.29, 0.717) is 12.3 Å². The van der Waals surface area contributed by atoms with Crippen molar-refractivity contribution in [2.45, 2.75) is 26.8 Å². The number of carbonyl (C=O) groups excluding carboxylic acids is 1. The Labute approximate surface area is 95.8 Å². The predicted octanol–water partition coefficient (Wildman–Crippen LogP) is 1.94. The second-order valence-electron chi connectivity index (χ2n) is 3.69. The molecule has 4 nitrogen and oxygen atoms in total. The van der Waals surface area contributed by atoms with Gasteiger partial charge in [-0.15, -0.1) is 0 Å². The van der Waals surface area contributed by atoms with Crippen LogP contribution < -0.4 is 11.1 Å². The molecule has 3 N–H and O–H groups in total. The van der Waals surface area contributed by atoms with Gasteiger partial charge >= 0.3 is 5.97 Å². The topological polar surface area (TPSA) is 64.3 Å². The zero-order valence-electron chi connectivity index (χ0n) is 9.91. The van der Waals surface area contributed by atoms with Crippen molar-refractivity contribution in [3.63, 3.8) is 0 Å². The standard InChI is InChI=1S/C12H18N2O2/c1-4-16-12(15)9(3)14-10-6-5-8(2)11(13)7-10/h5-7,9,14H,4,13H2,1-3H3. The fourth-order valence-corrected chi connectivity index (χ4v) is 1.31. The molecule has 0 aromatic heterocycles. The summed E-state index contributed by atoms with van der Waals surface area (Å²) >= 11 is 0. The van der Waals surface area contributed by atoms with Gasteiger partial charge in [-0.1, -0.05) is 6.07 Å². The minimum Gasteiger partial charge on any atom is -0.464 e. The summed E-state index contributed by atoms with van der Waals surface area (Å²) < 4.78 is 4.90. The normalized spacial score (nSPS) is 11.9. The molecule has 0 saturated heterocycles. The SMILES string of the molecule is CCOC(=O)C(C)Nc1ccc(C)c(N)c1. The van der Waals surface area contributed by atoms with E-state index in [1.54, 1.807) is 13.8 Å². The molecule has 0 fully saturated rings. The first-order chi connectivity index (χ1) is 7.54. The highest BCUT2D eigenvalue weighted by Crippen LogP contribution is 2.17. The number of rotatable bonds is 4. The van der Waals surface area contributed by atoms with Crippen LogP contribution in [-0.4, -0.2) is 18.6 Å². The van der Waals surface area contributed by atoms with Gasteiger partial charge in [0.1, 0.15) is 6.04 Å². The van der Waals surface area contributed by atoms with E-state index in [1.807, 2.05) is 25.1 Å². The molecular weight excluding hydrogens is 204 g/mol. The van der Waals surface area contributed by atoms with E-state index in [4.69, 9.17) is 10.5 Å². The molecule has 0 bridgehead atoms. The maximum atomic E-state index is 11.4. The van der Waals surface area contributed by atoms with E-state index in [2.05, 4.69) is 5.32 Å². The van der Waals surface area contributed by atoms with Crippen LogP contribution in [0.15, 0.2) is 18.2 Å². The molecule has 1 unspecified atom stereocenters. The van der Waals surface area contributed by atoms with Crippen LogP contribution in [0.5, 0.6) is 0 Å². The van der Waals surface area contributed by atoms with E-state index in [-0.39, 0.29) is 12.0 Å². The van der Waals surface area contributed by atoms with Gasteiger partial charge in [0.2, 0.25) is 0 Å². The Balaban J connectivity index is 2.66. The molecule has 0 radical (unpaired) electrons. The third-order valence-electron chi connectivity index (χ3n) is 2.30. The Hall–Kier alpha value is -1.71. The molecular formula is C12H18N2O2. The van der Waals surface area contributed by atoms with Crippen molar-refractivity contribution in [1.29, 1.82) is 0 Å². The van der Waals surface area contributed by atoms with Gasteiger partial charge in [-0.2, -0.15) is 0 Å². The molecule has 0 amide bonds. The van der Waals surface area contributed by atoms with E-state index in [0.717, 1.165) is 11.3 Å². The van der Waals surface area contributed by atoms with Crippen molar-refractivity contribution >= 4 is 17.3 Å². The van der Waals surface area contributed by atoms with Crippen molar-refractivity contribution in [3.8, 4) is 0 Å². The molecule has 4 heteroatoms. The van der Waals surface area contributed by atoms with Crippen LogP contribution in [-0.2, 0) is 9.53 Å². The van der Waals surface area contributed by atoms with Crippen LogP contribution in [0, 0.1) is 6.92 Å². The van der Waals surface area contributed by atoms with Crippen LogP contribution in [0.1, 0.15) is 19.4 Å². The number of carbonyl (C=O) groups is 1. The van der Waals surface area contributed by atoms with E-state index in [1.165, 1.54) is 0 Å². The average molecular weight is 222 g/mol. The van der Waals surface area contributed by atoms with Crippen LogP contribution >= 0.6 is 0 Å². The summed E-state index contributed by atoms with van der Waals surface area (Å²) in [4.78, 5) is 11.4. The highest BCUT2D eigenvalue weighted by atomic mass is 16.5. The molecule has 0 aliphatic heterocycles. The number of aryl methyl sites for hydroxylation is 1. The van der Waals surface area contributed by atoms with Crippen molar-refractivity contribution in [3.05, 3.63) is 23.8 Å². The van der Waals surface area contributed by atoms with Gasteiger partial charge in [0.05, 0.1) is 6.61 Å². The second kappa shape index (κ2) is 5.39. The minimum atomic E-state index is -0.373. The summed E-state index contributed by atoms with van der Waals surface area (Å²) in [5.41, 5.74) is 8.33. The Morgan fingerprint density at radius 2 is 2.25 bits per heavy atom. The van der Waals surface area contributed by atoms with Crippen LogP contribution in [0.3, 0.4) is 0 Å². The largest absolute Gasteiger partial charge is 0.464 e. The number of nitrogen functional groups attached to an aromatic ring is 1. The third-order valence-corrected chi connectivity index (χ3v) is 2.30. The smallest absolute Gasteiger partial charge is 0.328 e. The lowest BCUT2D eigenvalue weighted by Gasteiger charge is -2.14. The first-order valence-corrected chi connectivity index (χ1v) is 5.34. The van der Waals surface area contributed by atoms with Gasteiger partial charge in [-0.05, 0) is 38.5 Å². The Bertz CT molecular complexity index is 377. The first-order valence-electron chi connectivity index (χ1n) is 5.34.